The molecular formula is C9H15NO4S. The molecule has 0 aliphatic rings. The molecule has 0 aliphatic heterocycles. The number of hydrogen-bond acceptors (Lipinski definition) is 4. The highest BCUT2D eigenvalue weighted by molar-refractivity contribution is 7.89. The molecule has 1 atom stereocenters. The van der Waals surface area contributed by atoms with Gasteiger partial charge in [-0.25, -0.2) is 13.1 Å². The monoisotopic (exact) mass is 233 g/mol. The van der Waals surface area contributed by atoms with Crippen LogP contribution in [0.3, 0.4) is 0 Å². The van der Waals surface area contributed by atoms with Gasteiger partial charge in [0.2, 0.25) is 10.0 Å². The summed E-state index contributed by atoms with van der Waals surface area (Å²) in [5.74, 6) is 0.497. The van der Waals surface area contributed by atoms with E-state index < -0.39 is 10.0 Å². The van der Waals surface area contributed by atoms with Crippen LogP contribution in [0.25, 0.3) is 0 Å². The lowest BCUT2D eigenvalue weighted by Crippen LogP contribution is -2.29. The molecule has 0 fully saturated rings. The minimum absolute atomic E-state index is 0.0749. The molecule has 6 heteroatoms. The topological polar surface area (TPSA) is 79.5 Å². The van der Waals surface area contributed by atoms with Crippen molar-refractivity contribution < 1.29 is 17.9 Å². The molecule has 0 bridgehead atoms. The molecule has 0 saturated heterocycles. The average Bonchev–Trinajstić information content (AvgIpc) is 2.67. The molecule has 1 heterocycles. The zero-order chi connectivity index (χ0) is 11.3. The Hall–Kier alpha value is -0.850. The van der Waals surface area contributed by atoms with E-state index in [0.29, 0.717) is 5.76 Å². The number of aliphatic hydroxyl groups is 1. The molecule has 1 rings (SSSR count). The van der Waals surface area contributed by atoms with Gasteiger partial charge in [-0.05, 0) is 25.5 Å². The Morgan fingerprint density at radius 2 is 2.33 bits per heavy atom. The Kier molecular flexibility index (Phi) is 4.31. The molecule has 1 aromatic rings. The zero-order valence-electron chi connectivity index (χ0n) is 8.51. The van der Waals surface area contributed by atoms with E-state index in [-0.39, 0.29) is 24.8 Å². The van der Waals surface area contributed by atoms with Crippen molar-refractivity contribution in [3.63, 3.8) is 0 Å². The molecule has 0 spiro atoms. The van der Waals surface area contributed by atoms with E-state index >= 15 is 0 Å². The second-order valence-corrected chi connectivity index (χ2v) is 5.12. The summed E-state index contributed by atoms with van der Waals surface area (Å²) < 4.78 is 30.4. The highest BCUT2D eigenvalue weighted by Gasteiger charge is 2.16. The van der Waals surface area contributed by atoms with E-state index in [1.807, 2.05) is 0 Å². The molecule has 1 unspecified atom stereocenters. The van der Waals surface area contributed by atoms with Crippen LogP contribution < -0.4 is 4.72 Å². The van der Waals surface area contributed by atoms with Crippen molar-refractivity contribution in [3.05, 3.63) is 24.2 Å². The molecular weight excluding hydrogens is 218 g/mol. The van der Waals surface area contributed by atoms with E-state index in [4.69, 9.17) is 9.52 Å². The molecule has 5 nitrogen and oxygen atoms in total. The fourth-order valence-electron chi connectivity index (χ4n) is 1.18. The van der Waals surface area contributed by atoms with Crippen LogP contribution in [0.2, 0.25) is 0 Å². The SMILES string of the molecule is CC(NS(=O)(=O)CCCO)c1ccco1. The zero-order valence-corrected chi connectivity index (χ0v) is 9.33. The third-order valence-corrected chi connectivity index (χ3v) is 3.44. The van der Waals surface area contributed by atoms with Crippen molar-refractivity contribution in [1.82, 2.24) is 4.72 Å². The van der Waals surface area contributed by atoms with Crippen LogP contribution in [0.5, 0.6) is 0 Å². The lowest BCUT2D eigenvalue weighted by molar-refractivity contribution is 0.295. The van der Waals surface area contributed by atoms with Crippen molar-refractivity contribution in [3.8, 4) is 0 Å². The first-order valence-electron chi connectivity index (χ1n) is 4.69. The summed E-state index contributed by atoms with van der Waals surface area (Å²) in [7, 11) is -3.34. The Morgan fingerprint density at radius 3 is 2.87 bits per heavy atom. The van der Waals surface area contributed by atoms with Crippen molar-refractivity contribution in [2.45, 2.75) is 19.4 Å². The van der Waals surface area contributed by atoms with Gasteiger partial charge in [-0.2, -0.15) is 0 Å². The lowest BCUT2D eigenvalue weighted by atomic mass is 10.3. The molecule has 0 saturated carbocycles. The first-order chi connectivity index (χ1) is 7.05. The van der Waals surface area contributed by atoms with E-state index in [1.165, 1.54) is 6.26 Å². The van der Waals surface area contributed by atoms with Crippen LogP contribution in [0.15, 0.2) is 22.8 Å². The predicted molar refractivity (Wildman–Crippen MR) is 55.7 cm³/mol. The van der Waals surface area contributed by atoms with Gasteiger partial charge in [-0.3, -0.25) is 0 Å². The molecule has 0 radical (unpaired) electrons. The van der Waals surface area contributed by atoms with Crippen LogP contribution in [-0.2, 0) is 10.0 Å². The summed E-state index contributed by atoms with van der Waals surface area (Å²) in [5.41, 5.74) is 0. The summed E-state index contributed by atoms with van der Waals surface area (Å²) >= 11 is 0. The minimum atomic E-state index is -3.34. The van der Waals surface area contributed by atoms with E-state index in [1.54, 1.807) is 19.1 Å². The van der Waals surface area contributed by atoms with Gasteiger partial charge in [0.15, 0.2) is 0 Å². The molecule has 0 aromatic carbocycles. The third-order valence-electron chi connectivity index (χ3n) is 1.90. The van der Waals surface area contributed by atoms with E-state index in [2.05, 4.69) is 4.72 Å². The first kappa shape index (κ1) is 12.2. The summed E-state index contributed by atoms with van der Waals surface area (Å²) in [5, 5.41) is 8.54. The van der Waals surface area contributed by atoms with Crippen molar-refractivity contribution >= 4 is 10.0 Å². The second kappa shape index (κ2) is 5.29. The van der Waals surface area contributed by atoms with Gasteiger partial charge >= 0.3 is 0 Å². The van der Waals surface area contributed by atoms with Crippen molar-refractivity contribution in [2.24, 2.45) is 0 Å². The number of sulfonamides is 1. The van der Waals surface area contributed by atoms with Gasteiger partial charge in [0.05, 0.1) is 18.1 Å². The second-order valence-electron chi connectivity index (χ2n) is 3.25. The molecule has 86 valence electrons. The van der Waals surface area contributed by atoms with Gasteiger partial charge in [-0.1, -0.05) is 0 Å². The maximum atomic E-state index is 11.4. The maximum Gasteiger partial charge on any atom is 0.212 e. The quantitative estimate of drug-likeness (QED) is 0.755. The summed E-state index contributed by atoms with van der Waals surface area (Å²) in [6.45, 7) is 1.57. The fourth-order valence-corrected chi connectivity index (χ4v) is 2.46. The molecule has 2 N–H and O–H groups in total. The number of rotatable bonds is 6. The van der Waals surface area contributed by atoms with Gasteiger partial charge < -0.3 is 9.52 Å². The van der Waals surface area contributed by atoms with E-state index in [9.17, 15) is 8.42 Å². The summed E-state index contributed by atoms with van der Waals surface area (Å²) in [4.78, 5) is 0. The third kappa shape index (κ3) is 4.03. The highest BCUT2D eigenvalue weighted by Crippen LogP contribution is 2.13. The molecule has 15 heavy (non-hydrogen) atoms. The Balaban J connectivity index is 2.54. The lowest BCUT2D eigenvalue weighted by Gasteiger charge is -2.11. The number of furan rings is 1. The Labute approximate surface area is 89.2 Å². The Bertz CT molecular complexity index is 371. The van der Waals surface area contributed by atoms with Crippen LogP contribution >= 0.6 is 0 Å². The van der Waals surface area contributed by atoms with Gasteiger partial charge in [-0.15, -0.1) is 0 Å². The van der Waals surface area contributed by atoms with E-state index in [0.717, 1.165) is 0 Å². The standard InChI is InChI=1S/C9H15NO4S/c1-8(9-4-2-6-14-9)10-15(12,13)7-3-5-11/h2,4,6,8,10-11H,3,5,7H2,1H3. The average molecular weight is 233 g/mol. The van der Waals surface area contributed by atoms with Crippen molar-refractivity contribution in [2.75, 3.05) is 12.4 Å². The van der Waals surface area contributed by atoms with Gasteiger partial charge in [0.1, 0.15) is 5.76 Å². The minimum Gasteiger partial charge on any atom is -0.468 e. The highest BCUT2D eigenvalue weighted by atomic mass is 32.2. The molecule has 1 aromatic heterocycles. The Morgan fingerprint density at radius 1 is 1.60 bits per heavy atom. The van der Waals surface area contributed by atoms with Gasteiger partial charge in [0, 0.05) is 6.61 Å². The molecule has 0 amide bonds. The van der Waals surface area contributed by atoms with Crippen LogP contribution in [0.1, 0.15) is 25.1 Å². The summed E-state index contributed by atoms with van der Waals surface area (Å²) in [6.07, 6.45) is 1.73. The first-order valence-corrected chi connectivity index (χ1v) is 6.34. The van der Waals surface area contributed by atoms with Crippen molar-refractivity contribution in [1.29, 1.82) is 0 Å². The maximum absolute atomic E-state index is 11.4. The van der Waals surface area contributed by atoms with Crippen LogP contribution in [0.4, 0.5) is 0 Å². The molecule has 0 aliphatic carbocycles. The normalized spacial score (nSPS) is 14.0. The predicted octanol–water partition coefficient (Wildman–Crippen LogP) is 0.642. The number of hydrogen-bond donors (Lipinski definition) is 2. The largest absolute Gasteiger partial charge is 0.468 e. The van der Waals surface area contributed by atoms with Crippen LogP contribution in [-0.4, -0.2) is 25.9 Å². The summed E-state index contributed by atoms with van der Waals surface area (Å²) in [6, 6.07) is 3.02. The number of aliphatic hydroxyl groups excluding tert-OH is 1. The fraction of sp³-hybridized carbons (Fsp3) is 0.556. The van der Waals surface area contributed by atoms with Crippen LogP contribution in [0, 0.1) is 0 Å². The number of nitrogens with one attached hydrogen (secondary N) is 1. The van der Waals surface area contributed by atoms with Gasteiger partial charge in [0.25, 0.3) is 0 Å². The smallest absolute Gasteiger partial charge is 0.212 e.